The van der Waals surface area contributed by atoms with Crippen molar-refractivity contribution in [2.45, 2.75) is 50.3 Å². The van der Waals surface area contributed by atoms with Gasteiger partial charge in [-0.25, -0.2) is 13.2 Å². The predicted molar refractivity (Wildman–Crippen MR) is 127 cm³/mol. The lowest BCUT2D eigenvalue weighted by Crippen LogP contribution is -2.30. The highest BCUT2D eigenvalue weighted by molar-refractivity contribution is 7.90. The highest BCUT2D eigenvalue weighted by Crippen LogP contribution is 2.17. The molecule has 2 aromatic carbocycles. The summed E-state index contributed by atoms with van der Waals surface area (Å²) in [5, 5.41) is 2.56. The third kappa shape index (κ3) is 7.15. The van der Waals surface area contributed by atoms with E-state index in [1.807, 2.05) is 12.1 Å². The number of nitrogens with one attached hydrogen (secondary N) is 2. The standard InChI is InChI=1S/C24H29N3O5S/c1-17(2)18-10-12-19(13-11-18)24(29)32-16-23(28)26-20-7-6-8-21(15-20)33(30,31)27-22-9-4-3-5-14-25-22/h6-8,10-13,15,17H,3-5,9,14,16H2,1-2H3,(H,25,27)(H,26,28). The SMILES string of the molecule is CC(C)c1ccc(C(=O)OCC(=O)Nc2cccc(S(=O)(=O)NC3=NCCCCC3)c2)cc1. The normalized spacial score (nSPS) is 14.2. The maximum atomic E-state index is 12.7. The van der Waals surface area contributed by atoms with Gasteiger partial charge in [-0.05, 0) is 54.7 Å². The lowest BCUT2D eigenvalue weighted by atomic mass is 10.0. The Labute approximate surface area is 194 Å². The lowest BCUT2D eigenvalue weighted by molar-refractivity contribution is -0.119. The van der Waals surface area contributed by atoms with E-state index in [0.29, 0.717) is 30.3 Å². The molecule has 1 heterocycles. The Bertz CT molecular complexity index is 1130. The molecule has 33 heavy (non-hydrogen) atoms. The Morgan fingerprint density at radius 2 is 1.82 bits per heavy atom. The maximum Gasteiger partial charge on any atom is 0.338 e. The summed E-state index contributed by atoms with van der Waals surface area (Å²) in [4.78, 5) is 28.7. The Hall–Kier alpha value is -3.20. The molecule has 0 radical (unpaired) electrons. The van der Waals surface area contributed by atoms with Crippen LogP contribution in [0.5, 0.6) is 0 Å². The van der Waals surface area contributed by atoms with E-state index in [9.17, 15) is 18.0 Å². The number of esters is 1. The first-order valence-corrected chi connectivity index (χ1v) is 12.5. The third-order valence-corrected chi connectivity index (χ3v) is 6.58. The molecule has 9 heteroatoms. The van der Waals surface area contributed by atoms with Crippen molar-refractivity contribution in [3.8, 4) is 0 Å². The number of carbonyl (C=O) groups excluding carboxylic acids is 2. The summed E-state index contributed by atoms with van der Waals surface area (Å²) in [5.74, 6) is -0.381. The van der Waals surface area contributed by atoms with Gasteiger partial charge in [0.2, 0.25) is 0 Å². The topological polar surface area (TPSA) is 114 Å². The zero-order valence-electron chi connectivity index (χ0n) is 18.8. The molecule has 2 N–H and O–H groups in total. The number of sulfonamides is 1. The minimum Gasteiger partial charge on any atom is -0.452 e. The van der Waals surface area contributed by atoms with Gasteiger partial charge in [0.25, 0.3) is 15.9 Å². The number of benzene rings is 2. The van der Waals surface area contributed by atoms with Crippen molar-refractivity contribution in [3.05, 3.63) is 59.7 Å². The number of hydrogen-bond acceptors (Lipinski definition) is 6. The van der Waals surface area contributed by atoms with Crippen LogP contribution in [0.2, 0.25) is 0 Å². The van der Waals surface area contributed by atoms with Gasteiger partial charge in [-0.1, -0.05) is 38.5 Å². The fourth-order valence-electron chi connectivity index (χ4n) is 3.33. The van der Waals surface area contributed by atoms with Crippen LogP contribution in [-0.4, -0.2) is 39.3 Å². The van der Waals surface area contributed by atoms with Crippen molar-refractivity contribution < 1.29 is 22.7 Å². The van der Waals surface area contributed by atoms with E-state index < -0.39 is 28.5 Å². The third-order valence-electron chi connectivity index (χ3n) is 5.20. The van der Waals surface area contributed by atoms with Crippen molar-refractivity contribution >= 4 is 33.4 Å². The van der Waals surface area contributed by atoms with Crippen molar-refractivity contribution in [2.24, 2.45) is 4.99 Å². The summed E-state index contributed by atoms with van der Waals surface area (Å²) in [6, 6.07) is 12.9. The largest absolute Gasteiger partial charge is 0.452 e. The number of carbonyl (C=O) groups is 2. The molecule has 1 amide bonds. The number of amidine groups is 1. The van der Waals surface area contributed by atoms with Crippen LogP contribution < -0.4 is 10.0 Å². The molecular formula is C24H29N3O5S. The molecule has 0 saturated heterocycles. The molecule has 3 rings (SSSR count). The van der Waals surface area contributed by atoms with E-state index in [1.165, 1.54) is 18.2 Å². The molecule has 2 aromatic rings. The van der Waals surface area contributed by atoms with Gasteiger partial charge in [-0.15, -0.1) is 0 Å². The highest BCUT2D eigenvalue weighted by atomic mass is 32.2. The van der Waals surface area contributed by atoms with Crippen LogP contribution >= 0.6 is 0 Å². The molecule has 0 fully saturated rings. The van der Waals surface area contributed by atoms with E-state index in [1.54, 1.807) is 18.2 Å². The number of nitrogens with zero attached hydrogens (tertiary/aromatic N) is 1. The van der Waals surface area contributed by atoms with Crippen LogP contribution in [0.25, 0.3) is 0 Å². The Balaban J connectivity index is 1.57. The quantitative estimate of drug-likeness (QED) is 0.595. The average molecular weight is 472 g/mol. The van der Waals surface area contributed by atoms with Gasteiger partial charge in [0, 0.05) is 18.7 Å². The number of aliphatic imine (C=N–C) groups is 1. The molecular weight excluding hydrogens is 442 g/mol. The fourth-order valence-corrected chi connectivity index (χ4v) is 4.46. The van der Waals surface area contributed by atoms with Gasteiger partial charge < -0.3 is 10.1 Å². The molecule has 0 aliphatic carbocycles. The van der Waals surface area contributed by atoms with Crippen LogP contribution in [0.4, 0.5) is 5.69 Å². The lowest BCUT2D eigenvalue weighted by Gasteiger charge is -2.11. The number of rotatable bonds is 7. The summed E-state index contributed by atoms with van der Waals surface area (Å²) in [5.41, 5.74) is 1.73. The number of ether oxygens (including phenoxy) is 1. The molecule has 1 aliphatic rings. The summed E-state index contributed by atoms with van der Waals surface area (Å²) >= 11 is 0. The minimum absolute atomic E-state index is 0.00878. The molecule has 0 aromatic heterocycles. The van der Waals surface area contributed by atoms with E-state index in [-0.39, 0.29) is 10.6 Å². The van der Waals surface area contributed by atoms with Gasteiger partial charge in [0.1, 0.15) is 5.84 Å². The van der Waals surface area contributed by atoms with Crippen molar-refractivity contribution in [3.63, 3.8) is 0 Å². The van der Waals surface area contributed by atoms with E-state index in [2.05, 4.69) is 28.9 Å². The molecule has 8 nitrogen and oxygen atoms in total. The van der Waals surface area contributed by atoms with Crippen molar-refractivity contribution in [2.75, 3.05) is 18.5 Å². The monoisotopic (exact) mass is 471 g/mol. The summed E-state index contributed by atoms with van der Waals surface area (Å²) in [7, 11) is -3.82. The molecule has 0 unspecified atom stereocenters. The smallest absolute Gasteiger partial charge is 0.338 e. The average Bonchev–Trinajstić information content (AvgIpc) is 3.06. The van der Waals surface area contributed by atoms with Gasteiger partial charge in [0.15, 0.2) is 6.61 Å². The first-order chi connectivity index (χ1) is 15.7. The van der Waals surface area contributed by atoms with E-state index in [0.717, 1.165) is 24.8 Å². The Morgan fingerprint density at radius 1 is 1.06 bits per heavy atom. The fraction of sp³-hybridized carbons (Fsp3) is 0.375. The van der Waals surface area contributed by atoms with Gasteiger partial charge in [0.05, 0.1) is 10.5 Å². The number of hydrogen-bond donors (Lipinski definition) is 2. The highest BCUT2D eigenvalue weighted by Gasteiger charge is 2.18. The van der Waals surface area contributed by atoms with Crippen molar-refractivity contribution in [1.29, 1.82) is 0 Å². The molecule has 176 valence electrons. The van der Waals surface area contributed by atoms with Crippen LogP contribution in [0.3, 0.4) is 0 Å². The molecule has 0 bridgehead atoms. The Kier molecular flexibility index (Phi) is 8.21. The molecule has 0 spiro atoms. The summed E-state index contributed by atoms with van der Waals surface area (Å²) in [6.07, 6.45) is 3.43. The second-order valence-corrected chi connectivity index (χ2v) is 9.86. The van der Waals surface area contributed by atoms with Gasteiger partial charge >= 0.3 is 5.97 Å². The zero-order valence-corrected chi connectivity index (χ0v) is 19.7. The molecule has 0 saturated carbocycles. The molecule has 1 aliphatic heterocycles. The Morgan fingerprint density at radius 3 is 2.55 bits per heavy atom. The number of anilines is 1. The van der Waals surface area contributed by atoms with Gasteiger partial charge in [-0.3, -0.25) is 14.5 Å². The zero-order chi connectivity index (χ0) is 23.8. The minimum atomic E-state index is -3.82. The van der Waals surface area contributed by atoms with Crippen LogP contribution in [0, 0.1) is 0 Å². The van der Waals surface area contributed by atoms with Gasteiger partial charge in [-0.2, -0.15) is 0 Å². The predicted octanol–water partition coefficient (Wildman–Crippen LogP) is 3.86. The number of amides is 1. The van der Waals surface area contributed by atoms with Crippen molar-refractivity contribution in [1.82, 2.24) is 4.72 Å². The van der Waals surface area contributed by atoms with Crippen LogP contribution in [0.15, 0.2) is 58.4 Å². The first-order valence-electron chi connectivity index (χ1n) is 11.0. The summed E-state index contributed by atoms with van der Waals surface area (Å²) in [6.45, 7) is 4.23. The van der Waals surface area contributed by atoms with E-state index in [4.69, 9.17) is 4.74 Å². The molecule has 0 atom stereocenters. The summed E-state index contributed by atoms with van der Waals surface area (Å²) < 4.78 is 33.0. The van der Waals surface area contributed by atoms with Crippen LogP contribution in [0.1, 0.15) is 61.4 Å². The maximum absolute atomic E-state index is 12.7. The van der Waals surface area contributed by atoms with E-state index >= 15 is 0 Å². The first kappa shape index (κ1) is 24.4. The second kappa shape index (κ2) is 11.1. The van der Waals surface area contributed by atoms with Crippen LogP contribution in [-0.2, 0) is 19.6 Å². The second-order valence-electron chi connectivity index (χ2n) is 8.17.